The van der Waals surface area contributed by atoms with Gasteiger partial charge in [-0.1, -0.05) is 6.92 Å². The molecule has 0 spiro atoms. The standard InChI is InChI=1S/C17H24N2O3/c1-4-12(3)18-17(21)13-10-16(20)19(11-13)14-6-8-15(9-7-14)22-5-2/h6-9,12-13H,4-5,10-11H2,1-3H3,(H,18,21). The normalized spacial score (nSPS) is 19.1. The van der Waals surface area contributed by atoms with Gasteiger partial charge >= 0.3 is 0 Å². The summed E-state index contributed by atoms with van der Waals surface area (Å²) in [5, 5.41) is 2.95. The highest BCUT2D eigenvalue weighted by molar-refractivity contribution is 6.00. The van der Waals surface area contributed by atoms with Crippen molar-refractivity contribution in [3.63, 3.8) is 0 Å². The Bertz CT molecular complexity index is 527. The third kappa shape index (κ3) is 3.78. The van der Waals surface area contributed by atoms with Crippen LogP contribution in [0.3, 0.4) is 0 Å². The van der Waals surface area contributed by atoms with E-state index in [-0.39, 0.29) is 30.2 Å². The number of nitrogens with zero attached hydrogens (tertiary/aromatic N) is 1. The zero-order valence-corrected chi connectivity index (χ0v) is 13.5. The van der Waals surface area contributed by atoms with Crippen LogP contribution in [0, 0.1) is 5.92 Å². The number of carbonyl (C=O) groups excluding carboxylic acids is 2. The average molecular weight is 304 g/mol. The maximum absolute atomic E-state index is 12.2. The number of hydrogen-bond acceptors (Lipinski definition) is 3. The number of nitrogens with one attached hydrogen (secondary N) is 1. The molecular formula is C17H24N2O3. The Morgan fingerprint density at radius 1 is 1.36 bits per heavy atom. The zero-order valence-electron chi connectivity index (χ0n) is 13.5. The molecule has 2 atom stereocenters. The summed E-state index contributed by atoms with van der Waals surface area (Å²) in [7, 11) is 0. The molecule has 1 aliphatic rings. The van der Waals surface area contributed by atoms with Crippen molar-refractivity contribution < 1.29 is 14.3 Å². The lowest BCUT2D eigenvalue weighted by atomic mass is 10.1. The van der Waals surface area contributed by atoms with Crippen LogP contribution in [0.1, 0.15) is 33.6 Å². The maximum Gasteiger partial charge on any atom is 0.227 e. The van der Waals surface area contributed by atoms with Gasteiger partial charge in [-0.05, 0) is 44.5 Å². The molecule has 1 aromatic rings. The Morgan fingerprint density at radius 2 is 2.05 bits per heavy atom. The fraction of sp³-hybridized carbons (Fsp3) is 0.529. The monoisotopic (exact) mass is 304 g/mol. The predicted molar refractivity (Wildman–Crippen MR) is 86.0 cm³/mol. The molecule has 1 fully saturated rings. The summed E-state index contributed by atoms with van der Waals surface area (Å²) < 4.78 is 5.40. The van der Waals surface area contributed by atoms with Crippen molar-refractivity contribution >= 4 is 17.5 Å². The minimum Gasteiger partial charge on any atom is -0.494 e. The van der Waals surface area contributed by atoms with E-state index in [1.165, 1.54) is 0 Å². The zero-order chi connectivity index (χ0) is 16.1. The van der Waals surface area contributed by atoms with Gasteiger partial charge in [0.05, 0.1) is 12.5 Å². The third-order valence-corrected chi connectivity index (χ3v) is 3.96. The summed E-state index contributed by atoms with van der Waals surface area (Å²) in [4.78, 5) is 26.0. The number of carbonyl (C=O) groups is 2. The van der Waals surface area contributed by atoms with E-state index in [4.69, 9.17) is 4.74 Å². The Hall–Kier alpha value is -2.04. The fourth-order valence-corrected chi connectivity index (χ4v) is 2.48. The summed E-state index contributed by atoms with van der Waals surface area (Å²) in [5.74, 6) is 0.474. The van der Waals surface area contributed by atoms with Gasteiger partial charge in [-0.3, -0.25) is 9.59 Å². The second-order valence-electron chi connectivity index (χ2n) is 5.65. The van der Waals surface area contributed by atoms with Gasteiger partial charge in [0.1, 0.15) is 5.75 Å². The van der Waals surface area contributed by atoms with Gasteiger partial charge in [-0.15, -0.1) is 0 Å². The van der Waals surface area contributed by atoms with Crippen molar-refractivity contribution in [3.05, 3.63) is 24.3 Å². The molecule has 0 bridgehead atoms. The molecule has 22 heavy (non-hydrogen) atoms. The van der Waals surface area contributed by atoms with E-state index in [1.807, 2.05) is 45.0 Å². The van der Waals surface area contributed by atoms with Gasteiger partial charge in [-0.2, -0.15) is 0 Å². The molecular weight excluding hydrogens is 280 g/mol. The SMILES string of the molecule is CCOc1ccc(N2CC(C(=O)NC(C)CC)CC2=O)cc1. The molecule has 5 heteroatoms. The van der Waals surface area contributed by atoms with Crippen LogP contribution in [0.15, 0.2) is 24.3 Å². The number of benzene rings is 1. The van der Waals surface area contributed by atoms with E-state index in [0.29, 0.717) is 13.2 Å². The third-order valence-electron chi connectivity index (χ3n) is 3.96. The first-order valence-electron chi connectivity index (χ1n) is 7.88. The van der Waals surface area contributed by atoms with Crippen molar-refractivity contribution in [2.45, 2.75) is 39.7 Å². The Morgan fingerprint density at radius 3 is 2.64 bits per heavy atom. The van der Waals surface area contributed by atoms with Gasteiger partial charge in [0, 0.05) is 24.7 Å². The summed E-state index contributed by atoms with van der Waals surface area (Å²) in [5.41, 5.74) is 0.812. The molecule has 0 radical (unpaired) electrons. The molecule has 2 amide bonds. The molecule has 1 saturated heterocycles. The fourth-order valence-electron chi connectivity index (χ4n) is 2.48. The van der Waals surface area contributed by atoms with E-state index >= 15 is 0 Å². The quantitative estimate of drug-likeness (QED) is 0.877. The van der Waals surface area contributed by atoms with Gasteiger partial charge in [-0.25, -0.2) is 0 Å². The molecule has 1 heterocycles. The van der Waals surface area contributed by atoms with Crippen LogP contribution in [-0.2, 0) is 9.59 Å². The van der Waals surface area contributed by atoms with Crippen LogP contribution >= 0.6 is 0 Å². The van der Waals surface area contributed by atoms with Gasteiger partial charge in [0.15, 0.2) is 0 Å². The van der Waals surface area contributed by atoms with Crippen LogP contribution in [0.25, 0.3) is 0 Å². The van der Waals surface area contributed by atoms with Crippen LogP contribution in [-0.4, -0.2) is 31.0 Å². The van der Waals surface area contributed by atoms with Crippen molar-refractivity contribution in [2.24, 2.45) is 5.92 Å². The number of anilines is 1. The summed E-state index contributed by atoms with van der Waals surface area (Å²) in [6.07, 6.45) is 1.16. The molecule has 2 unspecified atom stereocenters. The van der Waals surface area contributed by atoms with Crippen molar-refractivity contribution in [2.75, 3.05) is 18.1 Å². The second-order valence-corrected chi connectivity index (χ2v) is 5.65. The molecule has 1 aromatic carbocycles. The van der Waals surface area contributed by atoms with E-state index in [0.717, 1.165) is 17.9 Å². The van der Waals surface area contributed by atoms with E-state index in [1.54, 1.807) is 4.90 Å². The number of rotatable bonds is 6. The highest BCUT2D eigenvalue weighted by Gasteiger charge is 2.35. The first-order valence-corrected chi connectivity index (χ1v) is 7.88. The highest BCUT2D eigenvalue weighted by Crippen LogP contribution is 2.27. The van der Waals surface area contributed by atoms with Crippen LogP contribution in [0.5, 0.6) is 5.75 Å². The van der Waals surface area contributed by atoms with E-state index < -0.39 is 0 Å². The first kappa shape index (κ1) is 16.3. The van der Waals surface area contributed by atoms with Gasteiger partial charge < -0.3 is 15.0 Å². The van der Waals surface area contributed by atoms with Crippen molar-refractivity contribution in [1.29, 1.82) is 0 Å². The second kappa shape index (κ2) is 7.29. The lowest BCUT2D eigenvalue weighted by Crippen LogP contribution is -2.38. The minimum atomic E-state index is -0.270. The highest BCUT2D eigenvalue weighted by atomic mass is 16.5. The number of ether oxygens (including phenoxy) is 1. The Balaban J connectivity index is 2.01. The average Bonchev–Trinajstić information content (AvgIpc) is 2.90. The van der Waals surface area contributed by atoms with Crippen molar-refractivity contribution in [3.8, 4) is 5.75 Å². The molecule has 1 N–H and O–H groups in total. The van der Waals surface area contributed by atoms with Gasteiger partial charge in [0.2, 0.25) is 11.8 Å². The summed E-state index contributed by atoms with van der Waals surface area (Å²) >= 11 is 0. The summed E-state index contributed by atoms with van der Waals surface area (Å²) in [6, 6.07) is 7.55. The lowest BCUT2D eigenvalue weighted by molar-refractivity contribution is -0.126. The van der Waals surface area contributed by atoms with Crippen LogP contribution < -0.4 is 15.0 Å². The molecule has 0 saturated carbocycles. The smallest absolute Gasteiger partial charge is 0.227 e. The molecule has 2 rings (SSSR count). The van der Waals surface area contributed by atoms with Crippen LogP contribution in [0.4, 0.5) is 5.69 Å². The predicted octanol–water partition coefficient (Wildman–Crippen LogP) is 2.35. The molecule has 1 aliphatic heterocycles. The summed E-state index contributed by atoms with van der Waals surface area (Å²) in [6.45, 7) is 6.98. The molecule has 0 aliphatic carbocycles. The minimum absolute atomic E-state index is 0.00605. The van der Waals surface area contributed by atoms with E-state index in [2.05, 4.69) is 5.32 Å². The number of hydrogen-bond donors (Lipinski definition) is 1. The van der Waals surface area contributed by atoms with Crippen molar-refractivity contribution in [1.82, 2.24) is 5.32 Å². The maximum atomic E-state index is 12.2. The van der Waals surface area contributed by atoms with E-state index in [9.17, 15) is 9.59 Å². The lowest BCUT2D eigenvalue weighted by Gasteiger charge is -2.18. The Kier molecular flexibility index (Phi) is 5.41. The molecule has 5 nitrogen and oxygen atoms in total. The molecule has 0 aromatic heterocycles. The topological polar surface area (TPSA) is 58.6 Å². The largest absolute Gasteiger partial charge is 0.494 e. The number of amides is 2. The first-order chi connectivity index (χ1) is 10.5. The van der Waals surface area contributed by atoms with Gasteiger partial charge in [0.25, 0.3) is 0 Å². The molecule has 120 valence electrons. The van der Waals surface area contributed by atoms with Crippen LogP contribution in [0.2, 0.25) is 0 Å². The Labute approximate surface area is 131 Å².